The Morgan fingerprint density at radius 3 is 2.10 bits per heavy atom. The van der Waals surface area contributed by atoms with Crippen LogP contribution in [0.3, 0.4) is 0 Å². The first kappa shape index (κ1) is 22.9. The standard InChI is InChI=1S/C19H35N3O5SSi/c1-17(2,3)29(6,7)16-20-15(14-22(16)28(24,25)21(4)5)18(23)8-10-19(11-9-18)26-12-13-27-19/h14,23H,8-13H2,1-7H3. The van der Waals surface area contributed by atoms with Gasteiger partial charge in [0.1, 0.15) is 19.1 Å². The van der Waals surface area contributed by atoms with Gasteiger partial charge in [-0.25, -0.2) is 8.96 Å². The lowest BCUT2D eigenvalue weighted by molar-refractivity contribution is -0.204. The quantitative estimate of drug-likeness (QED) is 0.710. The maximum absolute atomic E-state index is 13.1. The van der Waals surface area contributed by atoms with Crippen molar-refractivity contribution in [3.8, 4) is 0 Å². The maximum Gasteiger partial charge on any atom is 0.308 e. The summed E-state index contributed by atoms with van der Waals surface area (Å²) in [6, 6.07) is 0. The number of rotatable bonds is 4. The second-order valence-corrected chi connectivity index (χ2v) is 17.3. The molecule has 1 saturated carbocycles. The van der Waals surface area contributed by atoms with Gasteiger partial charge < -0.3 is 14.6 Å². The van der Waals surface area contributed by atoms with Crippen molar-refractivity contribution in [2.75, 3.05) is 27.3 Å². The molecule has 1 N–H and O–H groups in total. The molecule has 1 aliphatic heterocycles. The van der Waals surface area contributed by atoms with Gasteiger partial charge in [0, 0.05) is 33.1 Å². The molecule has 166 valence electrons. The number of hydrogen-bond donors (Lipinski definition) is 1. The Bertz CT molecular complexity index is 857. The maximum atomic E-state index is 13.1. The van der Waals surface area contributed by atoms with Gasteiger partial charge in [-0.3, -0.25) is 0 Å². The van der Waals surface area contributed by atoms with Crippen LogP contribution in [0.25, 0.3) is 0 Å². The Hall–Kier alpha value is -0.783. The van der Waals surface area contributed by atoms with E-state index < -0.39 is 29.7 Å². The zero-order chi connectivity index (χ0) is 21.9. The molecule has 0 aromatic carbocycles. The molecule has 2 heterocycles. The molecule has 2 fully saturated rings. The van der Waals surface area contributed by atoms with Crippen molar-refractivity contribution >= 4 is 23.7 Å². The lowest BCUT2D eigenvalue weighted by Crippen LogP contribution is -2.56. The highest BCUT2D eigenvalue weighted by atomic mass is 32.2. The van der Waals surface area contributed by atoms with Crippen LogP contribution >= 0.6 is 0 Å². The van der Waals surface area contributed by atoms with Gasteiger partial charge in [0.05, 0.1) is 18.9 Å². The first-order chi connectivity index (χ1) is 13.1. The minimum Gasteiger partial charge on any atom is -0.383 e. The van der Waals surface area contributed by atoms with Gasteiger partial charge in [-0.2, -0.15) is 12.7 Å². The monoisotopic (exact) mass is 445 g/mol. The second kappa shape index (κ2) is 7.13. The van der Waals surface area contributed by atoms with E-state index in [-0.39, 0.29) is 5.04 Å². The van der Waals surface area contributed by atoms with Crippen molar-refractivity contribution in [2.24, 2.45) is 0 Å². The zero-order valence-corrected chi connectivity index (χ0v) is 20.5. The van der Waals surface area contributed by atoms with Crippen molar-refractivity contribution in [3.05, 3.63) is 11.9 Å². The average Bonchev–Trinajstić information content (AvgIpc) is 3.25. The van der Waals surface area contributed by atoms with E-state index in [1.54, 1.807) is 0 Å². The summed E-state index contributed by atoms with van der Waals surface area (Å²) >= 11 is 0. The molecule has 0 unspecified atom stereocenters. The molecule has 8 nitrogen and oxygen atoms in total. The summed E-state index contributed by atoms with van der Waals surface area (Å²) in [5.41, 5.74) is -0.198. The molecule has 29 heavy (non-hydrogen) atoms. The molecule has 1 aromatic rings. The Morgan fingerprint density at radius 2 is 1.66 bits per heavy atom. The average molecular weight is 446 g/mol. The number of hydrogen-bond acceptors (Lipinski definition) is 6. The van der Waals surface area contributed by atoms with Crippen LogP contribution in [-0.2, 0) is 25.3 Å². The fourth-order valence-electron chi connectivity index (χ4n) is 3.78. The van der Waals surface area contributed by atoms with Crippen molar-refractivity contribution < 1.29 is 23.0 Å². The van der Waals surface area contributed by atoms with E-state index in [1.807, 2.05) is 0 Å². The number of ether oxygens (including phenoxy) is 2. The highest BCUT2D eigenvalue weighted by Gasteiger charge is 2.49. The molecule has 0 radical (unpaired) electrons. The summed E-state index contributed by atoms with van der Waals surface area (Å²) in [5, 5.41) is 11.3. The molecule has 1 aromatic heterocycles. The Kier molecular flexibility index (Phi) is 5.63. The van der Waals surface area contributed by atoms with E-state index in [0.717, 1.165) is 0 Å². The molecule has 1 saturated heterocycles. The third-order valence-corrected chi connectivity index (χ3v) is 14.0. The normalized spacial score (nSPS) is 22.5. The smallest absolute Gasteiger partial charge is 0.308 e. The van der Waals surface area contributed by atoms with Crippen LogP contribution in [0.5, 0.6) is 0 Å². The van der Waals surface area contributed by atoms with Crippen molar-refractivity contribution in [1.29, 1.82) is 0 Å². The van der Waals surface area contributed by atoms with E-state index in [2.05, 4.69) is 33.9 Å². The van der Waals surface area contributed by atoms with Gasteiger partial charge in [0.25, 0.3) is 0 Å². The SMILES string of the molecule is CN(C)S(=O)(=O)n1cc(C2(O)CCC3(CC2)OCCO3)nc1[Si](C)(C)C(C)(C)C. The first-order valence-electron chi connectivity index (χ1n) is 10.2. The van der Waals surface area contributed by atoms with Crippen molar-refractivity contribution in [1.82, 2.24) is 13.3 Å². The summed E-state index contributed by atoms with van der Waals surface area (Å²) in [5.74, 6) is -0.604. The Balaban J connectivity index is 2.05. The number of aliphatic hydroxyl groups is 1. The van der Waals surface area contributed by atoms with E-state index in [0.29, 0.717) is 50.0 Å². The van der Waals surface area contributed by atoms with Gasteiger partial charge in [0.2, 0.25) is 0 Å². The summed E-state index contributed by atoms with van der Waals surface area (Å²) in [6.07, 6.45) is 3.49. The first-order valence-corrected chi connectivity index (χ1v) is 14.6. The minimum atomic E-state index is -3.76. The Labute approximate surface area is 175 Å². The van der Waals surface area contributed by atoms with E-state index in [4.69, 9.17) is 14.5 Å². The van der Waals surface area contributed by atoms with E-state index in [1.165, 1.54) is 28.6 Å². The Morgan fingerprint density at radius 1 is 1.14 bits per heavy atom. The van der Waals surface area contributed by atoms with Crippen molar-refractivity contribution in [3.63, 3.8) is 0 Å². The summed E-state index contributed by atoms with van der Waals surface area (Å²) < 4.78 is 40.2. The molecular formula is C19H35N3O5SSi. The largest absolute Gasteiger partial charge is 0.383 e. The number of imidazole rings is 1. The lowest BCUT2D eigenvalue weighted by Gasteiger charge is -2.39. The van der Waals surface area contributed by atoms with E-state index in [9.17, 15) is 13.5 Å². The molecule has 1 spiro atoms. The van der Waals surface area contributed by atoms with Gasteiger partial charge in [0.15, 0.2) is 5.79 Å². The summed E-state index contributed by atoms with van der Waals surface area (Å²) in [4.78, 5) is 4.79. The van der Waals surface area contributed by atoms with Gasteiger partial charge in [-0.05, 0) is 17.9 Å². The topological polar surface area (TPSA) is 93.9 Å². The molecule has 1 aliphatic carbocycles. The molecule has 0 amide bonds. The molecular weight excluding hydrogens is 410 g/mol. The molecule has 2 aliphatic rings. The van der Waals surface area contributed by atoms with Gasteiger partial charge >= 0.3 is 10.2 Å². The minimum absolute atomic E-state index is 0.111. The van der Waals surface area contributed by atoms with E-state index >= 15 is 0 Å². The van der Waals surface area contributed by atoms with Crippen LogP contribution < -0.4 is 5.45 Å². The molecule has 10 heteroatoms. The lowest BCUT2D eigenvalue weighted by atomic mass is 9.79. The van der Waals surface area contributed by atoms with Crippen LogP contribution in [-0.4, -0.2) is 68.0 Å². The zero-order valence-electron chi connectivity index (χ0n) is 18.7. The molecule has 3 rings (SSSR count). The fourth-order valence-corrected chi connectivity index (χ4v) is 7.34. The molecule has 0 atom stereocenters. The van der Waals surface area contributed by atoms with Crippen LogP contribution in [0.15, 0.2) is 6.20 Å². The highest BCUT2D eigenvalue weighted by Crippen LogP contribution is 2.45. The van der Waals surface area contributed by atoms with Crippen LogP contribution in [0.4, 0.5) is 0 Å². The van der Waals surface area contributed by atoms with Crippen LogP contribution in [0.2, 0.25) is 18.1 Å². The number of nitrogens with zero attached hydrogens (tertiary/aromatic N) is 3. The third kappa shape index (κ3) is 3.83. The highest BCUT2D eigenvalue weighted by molar-refractivity contribution is 7.87. The summed E-state index contributed by atoms with van der Waals surface area (Å²) in [7, 11) is -3.04. The predicted octanol–water partition coefficient (Wildman–Crippen LogP) is 1.76. The van der Waals surface area contributed by atoms with Crippen LogP contribution in [0.1, 0.15) is 52.1 Å². The summed E-state index contributed by atoms with van der Waals surface area (Å²) in [6.45, 7) is 11.8. The fraction of sp³-hybridized carbons (Fsp3) is 0.842. The molecule has 0 bridgehead atoms. The van der Waals surface area contributed by atoms with Gasteiger partial charge in [-0.1, -0.05) is 33.9 Å². The van der Waals surface area contributed by atoms with Crippen molar-refractivity contribution in [2.45, 2.75) is 76.0 Å². The predicted molar refractivity (Wildman–Crippen MR) is 114 cm³/mol. The number of aromatic nitrogens is 2. The van der Waals surface area contributed by atoms with Gasteiger partial charge in [-0.15, -0.1) is 0 Å². The third-order valence-electron chi connectivity index (χ3n) is 6.95. The second-order valence-electron chi connectivity index (χ2n) is 10.0. The van der Waals surface area contributed by atoms with Crippen LogP contribution in [0, 0.1) is 0 Å².